The number of carbonyl (C=O) groups excluding carboxylic acids is 1. The lowest BCUT2D eigenvalue weighted by Crippen LogP contribution is -2.40. The standard InChI is InChI=1S/C13H15ClN4O/c14-10-6-12(16-7-10)13(19)17-4-1-2-11(8-17)18-5-3-15-9-18/h3,5-7,9,11,16H,1-2,4,8H2. The summed E-state index contributed by atoms with van der Waals surface area (Å²) in [5.74, 6) is 0.0108. The highest BCUT2D eigenvalue weighted by Gasteiger charge is 2.25. The van der Waals surface area contributed by atoms with Gasteiger partial charge >= 0.3 is 0 Å². The molecule has 2 aromatic rings. The Morgan fingerprint density at radius 2 is 2.42 bits per heavy atom. The summed E-state index contributed by atoms with van der Waals surface area (Å²) in [4.78, 5) is 21.2. The van der Waals surface area contributed by atoms with E-state index in [1.54, 1.807) is 18.5 Å². The van der Waals surface area contributed by atoms with Crippen LogP contribution in [0.5, 0.6) is 0 Å². The largest absolute Gasteiger partial charge is 0.356 e. The lowest BCUT2D eigenvalue weighted by molar-refractivity contribution is 0.0674. The van der Waals surface area contributed by atoms with E-state index < -0.39 is 0 Å². The second kappa shape index (κ2) is 5.09. The van der Waals surface area contributed by atoms with Gasteiger partial charge in [0, 0.05) is 31.7 Å². The Kier molecular flexibility index (Phi) is 3.29. The van der Waals surface area contributed by atoms with E-state index in [4.69, 9.17) is 11.6 Å². The molecule has 0 bridgehead atoms. The van der Waals surface area contributed by atoms with Crippen LogP contribution in [0.4, 0.5) is 0 Å². The van der Waals surface area contributed by atoms with Crippen molar-refractivity contribution in [2.45, 2.75) is 18.9 Å². The molecule has 1 unspecified atom stereocenters. The van der Waals surface area contributed by atoms with E-state index in [1.807, 2.05) is 17.4 Å². The molecule has 3 rings (SSSR count). The highest BCUT2D eigenvalue weighted by Crippen LogP contribution is 2.23. The van der Waals surface area contributed by atoms with Crippen molar-refractivity contribution in [3.63, 3.8) is 0 Å². The number of rotatable bonds is 2. The molecule has 1 amide bonds. The van der Waals surface area contributed by atoms with Gasteiger partial charge in [-0.2, -0.15) is 0 Å². The van der Waals surface area contributed by atoms with Crippen LogP contribution in [0, 0.1) is 0 Å². The fourth-order valence-electron chi connectivity index (χ4n) is 2.53. The van der Waals surface area contributed by atoms with Crippen molar-refractivity contribution < 1.29 is 4.79 Å². The van der Waals surface area contributed by atoms with Gasteiger partial charge in [0.25, 0.3) is 5.91 Å². The highest BCUT2D eigenvalue weighted by molar-refractivity contribution is 6.30. The van der Waals surface area contributed by atoms with Crippen LogP contribution in [-0.2, 0) is 0 Å². The maximum Gasteiger partial charge on any atom is 0.270 e. The number of hydrogen-bond donors (Lipinski definition) is 1. The fourth-order valence-corrected chi connectivity index (χ4v) is 2.69. The van der Waals surface area contributed by atoms with Gasteiger partial charge in [0.1, 0.15) is 5.69 Å². The minimum Gasteiger partial charge on any atom is -0.356 e. The molecule has 5 nitrogen and oxygen atoms in total. The number of likely N-dealkylation sites (tertiary alicyclic amines) is 1. The van der Waals surface area contributed by atoms with Crippen molar-refractivity contribution in [2.75, 3.05) is 13.1 Å². The first kappa shape index (κ1) is 12.3. The topological polar surface area (TPSA) is 53.9 Å². The molecular formula is C13H15ClN4O. The van der Waals surface area contributed by atoms with E-state index in [9.17, 15) is 4.79 Å². The molecule has 0 saturated carbocycles. The van der Waals surface area contributed by atoms with E-state index in [0.29, 0.717) is 23.3 Å². The van der Waals surface area contributed by atoms with Crippen molar-refractivity contribution in [1.29, 1.82) is 0 Å². The van der Waals surface area contributed by atoms with Crippen molar-refractivity contribution in [1.82, 2.24) is 19.4 Å². The number of piperidine rings is 1. The molecule has 0 aromatic carbocycles. The zero-order valence-corrected chi connectivity index (χ0v) is 11.2. The molecule has 1 aliphatic rings. The quantitative estimate of drug-likeness (QED) is 0.917. The normalized spacial score (nSPS) is 19.6. The molecule has 1 atom stereocenters. The van der Waals surface area contributed by atoms with Crippen LogP contribution in [0.25, 0.3) is 0 Å². The van der Waals surface area contributed by atoms with Gasteiger partial charge in [-0.15, -0.1) is 0 Å². The summed E-state index contributed by atoms with van der Waals surface area (Å²) in [5.41, 5.74) is 0.552. The second-order valence-electron chi connectivity index (χ2n) is 4.79. The molecule has 0 radical (unpaired) electrons. The summed E-state index contributed by atoms with van der Waals surface area (Å²) in [6.07, 6.45) is 9.24. The number of H-pyrrole nitrogens is 1. The van der Waals surface area contributed by atoms with Crippen LogP contribution in [0.3, 0.4) is 0 Å². The van der Waals surface area contributed by atoms with E-state index >= 15 is 0 Å². The first-order valence-electron chi connectivity index (χ1n) is 6.34. The molecule has 6 heteroatoms. The van der Waals surface area contributed by atoms with E-state index in [0.717, 1.165) is 19.4 Å². The second-order valence-corrected chi connectivity index (χ2v) is 5.23. The summed E-state index contributed by atoms with van der Waals surface area (Å²) >= 11 is 5.84. The molecule has 0 aliphatic carbocycles. The van der Waals surface area contributed by atoms with Crippen LogP contribution < -0.4 is 0 Å². The van der Waals surface area contributed by atoms with Gasteiger partial charge in [-0.05, 0) is 18.9 Å². The number of amides is 1. The monoisotopic (exact) mass is 278 g/mol. The van der Waals surface area contributed by atoms with Gasteiger partial charge in [-0.1, -0.05) is 11.6 Å². The average Bonchev–Trinajstić information content (AvgIpc) is 3.09. The van der Waals surface area contributed by atoms with Crippen LogP contribution in [0.15, 0.2) is 31.0 Å². The number of aromatic nitrogens is 3. The Hall–Kier alpha value is -1.75. The Labute approximate surface area is 116 Å². The van der Waals surface area contributed by atoms with E-state index in [2.05, 4.69) is 14.5 Å². The van der Waals surface area contributed by atoms with Crippen LogP contribution in [-0.4, -0.2) is 38.4 Å². The summed E-state index contributed by atoms with van der Waals surface area (Å²) in [6.45, 7) is 1.51. The Morgan fingerprint density at radius 3 is 3.11 bits per heavy atom. The molecule has 0 spiro atoms. The third kappa shape index (κ3) is 2.51. The molecule has 1 N–H and O–H groups in total. The van der Waals surface area contributed by atoms with E-state index in [1.165, 1.54) is 0 Å². The predicted molar refractivity (Wildman–Crippen MR) is 72.2 cm³/mol. The van der Waals surface area contributed by atoms with Gasteiger partial charge in [-0.3, -0.25) is 4.79 Å². The Bertz CT molecular complexity index is 563. The number of hydrogen-bond acceptors (Lipinski definition) is 2. The lowest BCUT2D eigenvalue weighted by Gasteiger charge is -2.33. The highest BCUT2D eigenvalue weighted by atomic mass is 35.5. The maximum atomic E-state index is 12.3. The van der Waals surface area contributed by atoms with Crippen LogP contribution in [0.2, 0.25) is 5.02 Å². The first-order chi connectivity index (χ1) is 9.24. The Morgan fingerprint density at radius 1 is 1.53 bits per heavy atom. The summed E-state index contributed by atoms with van der Waals surface area (Å²) < 4.78 is 2.07. The Balaban J connectivity index is 1.73. The number of aromatic amines is 1. The SMILES string of the molecule is O=C(c1cc(Cl)c[nH]1)N1CCCC(n2ccnc2)C1. The summed E-state index contributed by atoms with van der Waals surface area (Å²) in [5, 5.41) is 0.562. The third-order valence-corrected chi connectivity index (χ3v) is 3.73. The minimum absolute atomic E-state index is 0.0108. The maximum absolute atomic E-state index is 12.3. The van der Waals surface area contributed by atoms with Gasteiger partial charge in [0.05, 0.1) is 17.4 Å². The van der Waals surface area contributed by atoms with Crippen LogP contribution >= 0.6 is 11.6 Å². The summed E-state index contributed by atoms with van der Waals surface area (Å²) in [6, 6.07) is 1.98. The number of nitrogens with one attached hydrogen (secondary N) is 1. The number of imidazole rings is 1. The molecule has 19 heavy (non-hydrogen) atoms. The molecule has 1 aliphatic heterocycles. The number of nitrogens with zero attached hydrogens (tertiary/aromatic N) is 3. The van der Waals surface area contributed by atoms with Crippen molar-refractivity contribution >= 4 is 17.5 Å². The molecule has 1 fully saturated rings. The predicted octanol–water partition coefficient (Wildman–Crippen LogP) is 2.34. The van der Waals surface area contributed by atoms with Gasteiger partial charge < -0.3 is 14.5 Å². The molecule has 100 valence electrons. The number of halogens is 1. The molecular weight excluding hydrogens is 264 g/mol. The first-order valence-corrected chi connectivity index (χ1v) is 6.72. The lowest BCUT2D eigenvalue weighted by atomic mass is 10.1. The van der Waals surface area contributed by atoms with Crippen LogP contribution in [0.1, 0.15) is 29.4 Å². The van der Waals surface area contributed by atoms with E-state index in [-0.39, 0.29) is 5.91 Å². The molecule has 2 aromatic heterocycles. The molecule has 1 saturated heterocycles. The van der Waals surface area contributed by atoms with Crippen molar-refractivity contribution in [3.05, 3.63) is 41.7 Å². The minimum atomic E-state index is 0.0108. The zero-order valence-electron chi connectivity index (χ0n) is 10.4. The van der Waals surface area contributed by atoms with Gasteiger partial charge in [-0.25, -0.2) is 4.98 Å². The fraction of sp³-hybridized carbons (Fsp3) is 0.385. The third-order valence-electron chi connectivity index (χ3n) is 3.51. The average molecular weight is 279 g/mol. The molecule has 3 heterocycles. The van der Waals surface area contributed by atoms with Gasteiger partial charge in [0.2, 0.25) is 0 Å². The van der Waals surface area contributed by atoms with Crippen molar-refractivity contribution in [3.8, 4) is 0 Å². The van der Waals surface area contributed by atoms with Crippen molar-refractivity contribution in [2.24, 2.45) is 0 Å². The van der Waals surface area contributed by atoms with Gasteiger partial charge in [0.15, 0.2) is 0 Å². The smallest absolute Gasteiger partial charge is 0.270 e. The summed E-state index contributed by atoms with van der Waals surface area (Å²) in [7, 11) is 0. The zero-order chi connectivity index (χ0) is 13.2. The number of carbonyl (C=O) groups is 1.